The van der Waals surface area contributed by atoms with E-state index in [1.165, 1.54) is 6.07 Å². The van der Waals surface area contributed by atoms with E-state index in [1.807, 2.05) is 6.92 Å². The lowest BCUT2D eigenvalue weighted by molar-refractivity contribution is 0.624. The van der Waals surface area contributed by atoms with E-state index in [0.29, 0.717) is 16.4 Å². The first kappa shape index (κ1) is 11.1. The molecule has 0 atom stereocenters. The minimum absolute atomic E-state index is 0.315. The average molecular weight is 240 g/mol. The lowest BCUT2D eigenvalue weighted by atomic mass is 10.2. The molecule has 2 rings (SSSR count). The van der Waals surface area contributed by atoms with Gasteiger partial charge in [0.1, 0.15) is 12.1 Å². The highest BCUT2D eigenvalue weighted by atomic mass is 35.5. The molecule has 0 spiro atoms. The van der Waals surface area contributed by atoms with Gasteiger partial charge in [0.15, 0.2) is 5.82 Å². The van der Waals surface area contributed by atoms with Crippen molar-refractivity contribution in [1.29, 1.82) is 0 Å². The predicted octanol–water partition coefficient (Wildman–Crippen LogP) is 3.15. The molecule has 0 radical (unpaired) electrons. The van der Waals surface area contributed by atoms with E-state index in [4.69, 9.17) is 11.6 Å². The molecule has 0 fully saturated rings. The first-order valence-corrected chi connectivity index (χ1v) is 5.44. The van der Waals surface area contributed by atoms with Crippen LogP contribution in [0.5, 0.6) is 0 Å². The summed E-state index contributed by atoms with van der Waals surface area (Å²) < 4.78 is 15.5. The molecule has 3 nitrogen and oxygen atoms in total. The molecule has 0 bridgehead atoms. The zero-order valence-corrected chi connectivity index (χ0v) is 9.58. The van der Waals surface area contributed by atoms with Gasteiger partial charge >= 0.3 is 0 Å². The zero-order chi connectivity index (χ0) is 11.5. The molecule has 0 aliphatic rings. The Hall–Kier alpha value is -1.42. The topological polar surface area (TPSA) is 30.7 Å². The fraction of sp³-hybridized carbons (Fsp3) is 0.273. The Morgan fingerprint density at radius 1 is 1.44 bits per heavy atom. The van der Waals surface area contributed by atoms with Crippen molar-refractivity contribution < 1.29 is 4.39 Å². The first-order valence-electron chi connectivity index (χ1n) is 5.06. The lowest BCUT2D eigenvalue weighted by Crippen LogP contribution is -2.00. The summed E-state index contributed by atoms with van der Waals surface area (Å²) in [5.74, 6) is 0.0998. The third-order valence-corrected chi connectivity index (χ3v) is 2.58. The van der Waals surface area contributed by atoms with Crippen LogP contribution in [-0.2, 0) is 6.54 Å². The highest BCUT2D eigenvalue weighted by Crippen LogP contribution is 2.28. The predicted molar refractivity (Wildman–Crippen MR) is 60.7 cm³/mol. The molecule has 1 heterocycles. The number of halogens is 2. The molecule has 0 aliphatic carbocycles. The number of aryl methyl sites for hydroxylation is 1. The largest absolute Gasteiger partial charge is 0.313 e. The van der Waals surface area contributed by atoms with Gasteiger partial charge in [0.05, 0.1) is 10.6 Å². The Kier molecular flexibility index (Phi) is 3.19. The molecule has 2 aromatic rings. The molecule has 0 saturated carbocycles. The number of hydrogen-bond donors (Lipinski definition) is 0. The maximum absolute atomic E-state index is 13.7. The summed E-state index contributed by atoms with van der Waals surface area (Å²) in [6.45, 7) is 2.78. The van der Waals surface area contributed by atoms with Gasteiger partial charge in [-0.1, -0.05) is 24.6 Å². The standard InChI is InChI=1S/C11H11ClFN3/c1-2-6-16-7-14-15-11(16)10-8(12)4-3-5-9(10)13/h3-5,7H,2,6H2,1H3. The van der Waals surface area contributed by atoms with Crippen molar-refractivity contribution >= 4 is 11.6 Å². The number of hydrogen-bond acceptors (Lipinski definition) is 2. The van der Waals surface area contributed by atoms with Gasteiger partial charge in [-0.2, -0.15) is 0 Å². The van der Waals surface area contributed by atoms with Crippen molar-refractivity contribution in [3.63, 3.8) is 0 Å². The van der Waals surface area contributed by atoms with Crippen LogP contribution in [0.4, 0.5) is 4.39 Å². The minimum Gasteiger partial charge on any atom is -0.313 e. The second kappa shape index (κ2) is 4.61. The molecule has 0 saturated heterocycles. The van der Waals surface area contributed by atoms with Crippen LogP contribution in [0.25, 0.3) is 11.4 Å². The quantitative estimate of drug-likeness (QED) is 0.824. The minimum atomic E-state index is -0.377. The SMILES string of the molecule is CCCn1cnnc1-c1c(F)cccc1Cl. The van der Waals surface area contributed by atoms with E-state index in [2.05, 4.69) is 10.2 Å². The van der Waals surface area contributed by atoms with Gasteiger partial charge in [-0.25, -0.2) is 4.39 Å². The Labute approximate surface area is 97.9 Å². The van der Waals surface area contributed by atoms with Crippen LogP contribution < -0.4 is 0 Å². The smallest absolute Gasteiger partial charge is 0.168 e. The highest BCUT2D eigenvalue weighted by molar-refractivity contribution is 6.33. The van der Waals surface area contributed by atoms with E-state index in [-0.39, 0.29) is 5.82 Å². The summed E-state index contributed by atoms with van der Waals surface area (Å²) in [5.41, 5.74) is 0.315. The number of benzene rings is 1. The maximum Gasteiger partial charge on any atom is 0.168 e. The number of aromatic nitrogens is 3. The molecule has 84 valence electrons. The van der Waals surface area contributed by atoms with Gasteiger partial charge < -0.3 is 4.57 Å². The molecular formula is C11H11ClFN3. The van der Waals surface area contributed by atoms with Crippen molar-refractivity contribution in [1.82, 2.24) is 14.8 Å². The number of rotatable bonds is 3. The van der Waals surface area contributed by atoms with Crippen LogP contribution in [-0.4, -0.2) is 14.8 Å². The third-order valence-electron chi connectivity index (χ3n) is 2.27. The number of nitrogens with zero attached hydrogens (tertiary/aromatic N) is 3. The van der Waals surface area contributed by atoms with Crippen molar-refractivity contribution in [2.75, 3.05) is 0 Å². The third kappa shape index (κ3) is 1.93. The summed E-state index contributed by atoms with van der Waals surface area (Å²) in [6, 6.07) is 4.58. The second-order valence-electron chi connectivity index (χ2n) is 3.44. The molecule has 0 N–H and O–H groups in total. The van der Waals surface area contributed by atoms with Gasteiger partial charge in [0.2, 0.25) is 0 Å². The average Bonchev–Trinajstić information content (AvgIpc) is 2.67. The van der Waals surface area contributed by atoms with Crippen LogP contribution in [0.2, 0.25) is 5.02 Å². The van der Waals surface area contributed by atoms with E-state index in [1.54, 1.807) is 23.0 Å². The van der Waals surface area contributed by atoms with Gasteiger partial charge in [0.25, 0.3) is 0 Å². The van der Waals surface area contributed by atoms with E-state index in [9.17, 15) is 4.39 Å². The van der Waals surface area contributed by atoms with Crippen molar-refractivity contribution in [2.45, 2.75) is 19.9 Å². The van der Waals surface area contributed by atoms with Crippen LogP contribution in [0.3, 0.4) is 0 Å². The zero-order valence-electron chi connectivity index (χ0n) is 8.82. The summed E-state index contributed by atoms with van der Waals surface area (Å²) in [7, 11) is 0. The molecule has 0 amide bonds. The molecule has 1 aromatic carbocycles. The Balaban J connectivity index is 2.54. The van der Waals surface area contributed by atoms with Crippen molar-refractivity contribution in [2.24, 2.45) is 0 Å². The summed E-state index contributed by atoms with van der Waals surface area (Å²) >= 11 is 5.97. The molecule has 0 unspecified atom stereocenters. The molecule has 1 aromatic heterocycles. The Morgan fingerprint density at radius 3 is 2.94 bits per heavy atom. The Bertz CT molecular complexity index is 475. The van der Waals surface area contributed by atoms with Gasteiger partial charge in [-0.05, 0) is 18.6 Å². The van der Waals surface area contributed by atoms with Crippen LogP contribution in [0.1, 0.15) is 13.3 Å². The van der Waals surface area contributed by atoms with Gasteiger partial charge in [-0.3, -0.25) is 0 Å². The van der Waals surface area contributed by atoms with E-state index < -0.39 is 0 Å². The van der Waals surface area contributed by atoms with E-state index >= 15 is 0 Å². The van der Waals surface area contributed by atoms with Gasteiger partial charge in [0, 0.05) is 6.54 Å². The molecule has 16 heavy (non-hydrogen) atoms. The van der Waals surface area contributed by atoms with Crippen molar-refractivity contribution in [3.05, 3.63) is 35.4 Å². The van der Waals surface area contributed by atoms with Gasteiger partial charge in [-0.15, -0.1) is 10.2 Å². The first-order chi connectivity index (χ1) is 7.74. The second-order valence-corrected chi connectivity index (χ2v) is 3.85. The van der Waals surface area contributed by atoms with E-state index in [0.717, 1.165) is 13.0 Å². The highest BCUT2D eigenvalue weighted by Gasteiger charge is 2.15. The summed E-state index contributed by atoms with van der Waals surface area (Å²) in [5, 5.41) is 8.05. The molecule has 5 heteroatoms. The van der Waals surface area contributed by atoms with Crippen LogP contribution in [0.15, 0.2) is 24.5 Å². The monoisotopic (exact) mass is 239 g/mol. The Morgan fingerprint density at radius 2 is 2.25 bits per heavy atom. The van der Waals surface area contributed by atoms with Crippen molar-refractivity contribution in [3.8, 4) is 11.4 Å². The summed E-state index contributed by atoms with van der Waals surface area (Å²) in [6.07, 6.45) is 2.51. The fourth-order valence-corrected chi connectivity index (χ4v) is 1.81. The maximum atomic E-state index is 13.7. The van der Waals surface area contributed by atoms with Crippen LogP contribution in [0, 0.1) is 5.82 Å². The normalized spacial score (nSPS) is 10.7. The molecule has 0 aliphatic heterocycles. The fourth-order valence-electron chi connectivity index (χ4n) is 1.56. The van der Waals surface area contributed by atoms with Crippen LogP contribution >= 0.6 is 11.6 Å². The molecular weight excluding hydrogens is 229 g/mol. The lowest BCUT2D eigenvalue weighted by Gasteiger charge is -2.07. The summed E-state index contributed by atoms with van der Waals surface area (Å²) in [4.78, 5) is 0.